The summed E-state index contributed by atoms with van der Waals surface area (Å²) < 4.78 is 35.7. The highest BCUT2D eigenvalue weighted by atomic mass is 79.9. The minimum Gasteiger partial charge on any atom is -0.492 e. The summed E-state index contributed by atoms with van der Waals surface area (Å²) in [6.45, 7) is 1.82. The highest BCUT2D eigenvalue weighted by molar-refractivity contribution is 9.10. The number of methoxy groups -OCH3 is 2. The van der Waals surface area contributed by atoms with Crippen LogP contribution in [0.15, 0.2) is 39.0 Å². The summed E-state index contributed by atoms with van der Waals surface area (Å²) in [6.07, 6.45) is 0.739. The fourth-order valence-electron chi connectivity index (χ4n) is 3.45. The molecule has 0 fully saturated rings. The number of hydrogen-bond acceptors (Lipinski definition) is 8. The van der Waals surface area contributed by atoms with Gasteiger partial charge in [-0.3, -0.25) is 4.79 Å². The fourth-order valence-corrected chi connectivity index (χ4v) is 4.20. The molecule has 2 aliphatic rings. The Hall–Kier alpha value is -3.34. The maximum Gasteiger partial charge on any atom is 0.289 e. The number of nitrogens with one attached hydrogen (secondary N) is 1. The zero-order valence-corrected chi connectivity index (χ0v) is 18.9. The molecule has 2 aliphatic heterocycles. The Morgan fingerprint density at radius 3 is 2.53 bits per heavy atom. The molecule has 11 heteroatoms. The van der Waals surface area contributed by atoms with E-state index in [1.54, 1.807) is 6.92 Å². The van der Waals surface area contributed by atoms with Crippen molar-refractivity contribution in [2.75, 3.05) is 21.0 Å². The monoisotopic (exact) mass is 507 g/mol. The average molecular weight is 508 g/mol. The maximum absolute atomic E-state index is 13.0. The van der Waals surface area contributed by atoms with E-state index < -0.39 is 17.9 Å². The molecule has 1 N–H and O–H groups in total. The van der Waals surface area contributed by atoms with Crippen molar-refractivity contribution in [3.63, 3.8) is 0 Å². The summed E-state index contributed by atoms with van der Waals surface area (Å²) in [5, 5.41) is 7.87. The number of nitrogens with zero attached hydrogens (tertiary/aromatic N) is 2. The van der Waals surface area contributed by atoms with Crippen LogP contribution in [0.3, 0.4) is 0 Å². The lowest BCUT2D eigenvalue weighted by Crippen LogP contribution is -2.31. The standard InChI is InChI=1S/C21H19BrFN3O6/c1-10-15(21(27)25-24-8-11-4-6-12(23)7-5-11)26-32-16(10)13-14(22)18(29-3)20-19(17(13)28-2)30-9-31-20/h4-8,10,16H,9H2,1-3H3,(H,25,27)/b24-8-/t10-,16-/m1/s1. The van der Waals surface area contributed by atoms with Gasteiger partial charge >= 0.3 is 0 Å². The number of amides is 1. The predicted molar refractivity (Wildman–Crippen MR) is 116 cm³/mol. The van der Waals surface area contributed by atoms with Gasteiger partial charge in [-0.25, -0.2) is 9.82 Å². The second-order valence-corrected chi connectivity index (χ2v) is 7.69. The molecule has 2 aromatic carbocycles. The van der Waals surface area contributed by atoms with Crippen LogP contribution in [0.1, 0.15) is 24.2 Å². The van der Waals surface area contributed by atoms with Gasteiger partial charge in [0, 0.05) is 0 Å². The van der Waals surface area contributed by atoms with Crippen molar-refractivity contribution >= 4 is 33.8 Å². The Morgan fingerprint density at radius 1 is 1.22 bits per heavy atom. The molecule has 2 heterocycles. The van der Waals surface area contributed by atoms with E-state index in [0.29, 0.717) is 38.6 Å². The molecule has 168 valence electrons. The summed E-state index contributed by atoms with van der Waals surface area (Å²) in [5.41, 5.74) is 3.76. The minimum absolute atomic E-state index is 0.0231. The first-order valence-electron chi connectivity index (χ1n) is 9.51. The fraction of sp³-hybridized carbons (Fsp3) is 0.286. The van der Waals surface area contributed by atoms with E-state index >= 15 is 0 Å². The van der Waals surface area contributed by atoms with Crippen LogP contribution in [0.25, 0.3) is 0 Å². The molecule has 32 heavy (non-hydrogen) atoms. The third-order valence-electron chi connectivity index (χ3n) is 5.03. The Morgan fingerprint density at radius 2 is 1.88 bits per heavy atom. The zero-order chi connectivity index (χ0) is 22.8. The van der Waals surface area contributed by atoms with Crippen LogP contribution in [0.2, 0.25) is 0 Å². The molecule has 4 rings (SSSR count). The highest BCUT2D eigenvalue weighted by Crippen LogP contribution is 2.57. The molecule has 0 spiro atoms. The topological polar surface area (TPSA) is 100.0 Å². The third kappa shape index (κ3) is 3.83. The van der Waals surface area contributed by atoms with Crippen LogP contribution in [-0.2, 0) is 9.63 Å². The Bertz CT molecular complexity index is 1110. The quantitative estimate of drug-likeness (QED) is 0.474. The second-order valence-electron chi connectivity index (χ2n) is 6.90. The number of hydrogen-bond donors (Lipinski definition) is 1. The third-order valence-corrected chi connectivity index (χ3v) is 5.82. The number of carbonyl (C=O) groups excluding carboxylic acids is 1. The van der Waals surface area contributed by atoms with E-state index in [1.807, 2.05) is 0 Å². The Labute approximate surface area is 191 Å². The zero-order valence-electron chi connectivity index (χ0n) is 17.3. The van der Waals surface area contributed by atoms with Crippen molar-refractivity contribution in [1.29, 1.82) is 0 Å². The van der Waals surface area contributed by atoms with Gasteiger partial charge in [0.25, 0.3) is 5.91 Å². The molecule has 0 aliphatic carbocycles. The van der Waals surface area contributed by atoms with Crippen LogP contribution in [0.5, 0.6) is 23.0 Å². The van der Waals surface area contributed by atoms with Gasteiger partial charge in [0.05, 0.1) is 36.4 Å². The normalized spacial score (nSPS) is 19.0. The van der Waals surface area contributed by atoms with E-state index in [1.165, 1.54) is 44.7 Å². The minimum atomic E-state index is -0.662. The SMILES string of the molecule is COc1c(Br)c([C@@H]2ON=C(C(=O)N/N=C\c3ccc(F)cc3)[C@H]2C)c(OC)c2c1OCO2. The summed E-state index contributed by atoms with van der Waals surface area (Å²) in [6, 6.07) is 5.68. The van der Waals surface area contributed by atoms with Crippen LogP contribution in [0, 0.1) is 11.7 Å². The molecule has 0 aromatic heterocycles. The number of halogens is 2. The van der Waals surface area contributed by atoms with Crippen LogP contribution in [0.4, 0.5) is 4.39 Å². The van der Waals surface area contributed by atoms with Gasteiger partial charge in [-0.1, -0.05) is 24.2 Å². The number of carbonyl (C=O) groups is 1. The van der Waals surface area contributed by atoms with E-state index in [2.05, 4.69) is 31.6 Å². The van der Waals surface area contributed by atoms with Crippen molar-refractivity contribution in [3.8, 4) is 23.0 Å². The predicted octanol–water partition coefficient (Wildman–Crippen LogP) is 3.55. The van der Waals surface area contributed by atoms with Crippen LogP contribution >= 0.6 is 15.9 Å². The van der Waals surface area contributed by atoms with Gasteiger partial charge in [-0.15, -0.1) is 0 Å². The molecule has 0 radical (unpaired) electrons. The van der Waals surface area contributed by atoms with E-state index in [9.17, 15) is 9.18 Å². The second kappa shape index (κ2) is 9.03. The van der Waals surface area contributed by atoms with Gasteiger partial charge in [-0.05, 0) is 33.6 Å². The summed E-state index contributed by atoms with van der Waals surface area (Å²) >= 11 is 3.53. The van der Waals surface area contributed by atoms with E-state index in [-0.39, 0.29) is 18.3 Å². The van der Waals surface area contributed by atoms with Gasteiger partial charge < -0.3 is 23.8 Å². The van der Waals surface area contributed by atoms with Crippen LogP contribution < -0.4 is 24.4 Å². The van der Waals surface area contributed by atoms with Crippen molar-refractivity contribution in [1.82, 2.24) is 5.43 Å². The Balaban J connectivity index is 1.55. The first-order chi connectivity index (χ1) is 15.5. The summed E-state index contributed by atoms with van der Waals surface area (Å²) in [4.78, 5) is 18.2. The van der Waals surface area contributed by atoms with Gasteiger partial charge in [0.15, 0.2) is 23.3 Å². The molecular weight excluding hydrogens is 489 g/mol. The number of oxime groups is 1. The van der Waals surface area contributed by atoms with Gasteiger partial charge in [-0.2, -0.15) is 5.10 Å². The van der Waals surface area contributed by atoms with Crippen molar-refractivity contribution < 1.29 is 33.0 Å². The molecule has 0 unspecified atom stereocenters. The molecule has 0 bridgehead atoms. The maximum atomic E-state index is 13.0. The molecule has 1 amide bonds. The van der Waals surface area contributed by atoms with Gasteiger partial charge in [0.1, 0.15) is 5.82 Å². The van der Waals surface area contributed by atoms with Crippen molar-refractivity contribution in [2.24, 2.45) is 16.2 Å². The van der Waals surface area contributed by atoms with E-state index in [0.717, 1.165) is 0 Å². The lowest BCUT2D eigenvalue weighted by atomic mass is 9.92. The number of ether oxygens (including phenoxy) is 4. The van der Waals surface area contributed by atoms with Gasteiger partial charge in [0.2, 0.25) is 18.3 Å². The number of fused-ring (bicyclic) bond motifs is 1. The lowest BCUT2D eigenvalue weighted by Gasteiger charge is -2.21. The van der Waals surface area contributed by atoms with Crippen molar-refractivity contribution in [2.45, 2.75) is 13.0 Å². The molecule has 0 saturated carbocycles. The molecule has 2 aromatic rings. The molecule has 0 saturated heterocycles. The number of rotatable bonds is 6. The summed E-state index contributed by atoms with van der Waals surface area (Å²) in [5.74, 6) is 0.289. The number of hydrazone groups is 1. The highest BCUT2D eigenvalue weighted by Gasteiger charge is 2.42. The first kappa shape index (κ1) is 21.9. The van der Waals surface area contributed by atoms with Crippen LogP contribution in [-0.4, -0.2) is 38.8 Å². The van der Waals surface area contributed by atoms with Crippen molar-refractivity contribution in [3.05, 3.63) is 45.7 Å². The lowest BCUT2D eigenvalue weighted by molar-refractivity contribution is -0.115. The average Bonchev–Trinajstić information content (AvgIpc) is 3.41. The Kier molecular flexibility index (Phi) is 6.17. The van der Waals surface area contributed by atoms with E-state index in [4.69, 9.17) is 23.8 Å². The molecular formula is C21H19BrFN3O6. The summed E-state index contributed by atoms with van der Waals surface area (Å²) in [7, 11) is 3.00. The molecule has 2 atom stereocenters. The largest absolute Gasteiger partial charge is 0.492 e. The molecule has 9 nitrogen and oxygen atoms in total. The smallest absolute Gasteiger partial charge is 0.289 e. The first-order valence-corrected chi connectivity index (χ1v) is 10.3. The number of benzene rings is 2.